The van der Waals surface area contributed by atoms with Gasteiger partial charge in [0.2, 0.25) is 0 Å². The van der Waals surface area contributed by atoms with E-state index in [1.165, 1.54) is 0 Å². The standard InChI is InChI=1S/C10H10F2N2/c1-5-3-4-7-8(6(5)2)14-10(13-7)9(11)12/h3-4,9H,1-2H3,(H,13,14). The van der Waals surface area contributed by atoms with Gasteiger partial charge in [0, 0.05) is 0 Å². The molecule has 1 heterocycles. The number of aryl methyl sites for hydroxylation is 2. The van der Waals surface area contributed by atoms with Crippen LogP contribution in [0, 0.1) is 13.8 Å². The number of rotatable bonds is 1. The molecule has 0 aliphatic heterocycles. The van der Waals surface area contributed by atoms with Crippen LogP contribution in [0.2, 0.25) is 0 Å². The molecule has 0 unspecified atom stereocenters. The lowest BCUT2D eigenvalue weighted by atomic mass is 10.1. The number of benzene rings is 1. The number of hydrogen-bond acceptors (Lipinski definition) is 1. The SMILES string of the molecule is Cc1ccc2[nH]c(C(F)F)nc2c1C. The first-order valence-electron chi connectivity index (χ1n) is 4.33. The first-order valence-corrected chi connectivity index (χ1v) is 4.33. The quantitative estimate of drug-likeness (QED) is 0.745. The van der Waals surface area contributed by atoms with E-state index in [4.69, 9.17) is 0 Å². The molecule has 0 spiro atoms. The van der Waals surface area contributed by atoms with E-state index in [9.17, 15) is 8.78 Å². The van der Waals surface area contributed by atoms with Crippen molar-refractivity contribution in [1.82, 2.24) is 9.97 Å². The number of fused-ring (bicyclic) bond motifs is 1. The fraction of sp³-hybridized carbons (Fsp3) is 0.300. The van der Waals surface area contributed by atoms with Crippen LogP contribution in [-0.2, 0) is 0 Å². The molecule has 0 saturated heterocycles. The fourth-order valence-electron chi connectivity index (χ4n) is 1.44. The second kappa shape index (κ2) is 3.04. The van der Waals surface area contributed by atoms with Crippen molar-refractivity contribution in [1.29, 1.82) is 0 Å². The Bertz CT molecular complexity index is 474. The highest BCUT2D eigenvalue weighted by Crippen LogP contribution is 2.23. The van der Waals surface area contributed by atoms with Gasteiger partial charge < -0.3 is 4.98 Å². The van der Waals surface area contributed by atoms with Crippen molar-refractivity contribution in [2.75, 3.05) is 0 Å². The van der Waals surface area contributed by atoms with Crippen LogP contribution in [0.5, 0.6) is 0 Å². The number of aromatic amines is 1. The van der Waals surface area contributed by atoms with Crippen LogP contribution < -0.4 is 0 Å². The zero-order chi connectivity index (χ0) is 10.3. The summed E-state index contributed by atoms with van der Waals surface area (Å²) in [5.74, 6) is -0.256. The van der Waals surface area contributed by atoms with E-state index in [1.54, 1.807) is 6.07 Å². The smallest absolute Gasteiger partial charge is 0.295 e. The molecule has 0 radical (unpaired) electrons. The van der Waals surface area contributed by atoms with Gasteiger partial charge in [0.1, 0.15) is 0 Å². The van der Waals surface area contributed by atoms with Gasteiger partial charge in [-0.15, -0.1) is 0 Å². The number of imidazole rings is 1. The molecule has 4 heteroatoms. The number of halogens is 2. The minimum atomic E-state index is -2.54. The third-order valence-electron chi connectivity index (χ3n) is 2.40. The molecule has 1 aromatic heterocycles. The average Bonchev–Trinajstić information content (AvgIpc) is 2.56. The first kappa shape index (κ1) is 9.12. The summed E-state index contributed by atoms with van der Waals surface area (Å²) in [7, 11) is 0. The van der Waals surface area contributed by atoms with Gasteiger partial charge in [-0.05, 0) is 31.0 Å². The Hall–Kier alpha value is -1.45. The lowest BCUT2D eigenvalue weighted by Crippen LogP contribution is -1.85. The summed E-state index contributed by atoms with van der Waals surface area (Å²) >= 11 is 0. The van der Waals surface area contributed by atoms with Crippen LogP contribution in [0.3, 0.4) is 0 Å². The van der Waals surface area contributed by atoms with E-state index < -0.39 is 6.43 Å². The molecule has 1 N–H and O–H groups in total. The number of hydrogen-bond donors (Lipinski definition) is 1. The minimum Gasteiger partial charge on any atom is -0.337 e. The van der Waals surface area contributed by atoms with E-state index in [2.05, 4.69) is 9.97 Å². The molecule has 74 valence electrons. The van der Waals surface area contributed by atoms with E-state index in [0.717, 1.165) is 11.1 Å². The van der Waals surface area contributed by atoms with Crippen LogP contribution >= 0.6 is 0 Å². The summed E-state index contributed by atoms with van der Waals surface area (Å²) in [6, 6.07) is 3.67. The van der Waals surface area contributed by atoms with Gasteiger partial charge in [-0.1, -0.05) is 6.07 Å². The van der Waals surface area contributed by atoms with Gasteiger partial charge in [0.15, 0.2) is 5.82 Å². The van der Waals surface area contributed by atoms with Crippen molar-refractivity contribution < 1.29 is 8.78 Å². The van der Waals surface area contributed by atoms with Crippen molar-refractivity contribution in [3.8, 4) is 0 Å². The molecule has 0 amide bonds. The summed E-state index contributed by atoms with van der Waals surface area (Å²) < 4.78 is 24.7. The molecule has 0 saturated carbocycles. The van der Waals surface area contributed by atoms with Gasteiger partial charge in [0.05, 0.1) is 11.0 Å². The van der Waals surface area contributed by atoms with E-state index in [1.807, 2.05) is 19.9 Å². The van der Waals surface area contributed by atoms with Crippen LogP contribution in [0.4, 0.5) is 8.78 Å². The molecule has 0 fully saturated rings. The van der Waals surface area contributed by atoms with Crippen molar-refractivity contribution in [3.05, 3.63) is 29.1 Å². The highest BCUT2D eigenvalue weighted by atomic mass is 19.3. The Morgan fingerprint density at radius 1 is 1.29 bits per heavy atom. The number of nitrogens with zero attached hydrogens (tertiary/aromatic N) is 1. The predicted octanol–water partition coefficient (Wildman–Crippen LogP) is 3.12. The highest BCUT2D eigenvalue weighted by Gasteiger charge is 2.13. The van der Waals surface area contributed by atoms with Crippen LogP contribution in [0.1, 0.15) is 23.4 Å². The number of alkyl halides is 2. The van der Waals surface area contributed by atoms with Crippen molar-refractivity contribution in [3.63, 3.8) is 0 Å². The molecule has 2 rings (SSSR count). The third kappa shape index (κ3) is 1.27. The van der Waals surface area contributed by atoms with E-state index in [-0.39, 0.29) is 5.82 Å². The Labute approximate surface area is 80.0 Å². The summed E-state index contributed by atoms with van der Waals surface area (Å²) in [4.78, 5) is 6.47. The normalized spacial score (nSPS) is 11.5. The van der Waals surface area contributed by atoms with Crippen molar-refractivity contribution in [2.24, 2.45) is 0 Å². The fourth-order valence-corrected chi connectivity index (χ4v) is 1.44. The summed E-state index contributed by atoms with van der Waals surface area (Å²) in [6.45, 7) is 3.82. The molecular formula is C10H10F2N2. The maximum absolute atomic E-state index is 12.3. The summed E-state index contributed by atoms with van der Waals surface area (Å²) in [5, 5.41) is 0. The Kier molecular flexibility index (Phi) is 1.98. The van der Waals surface area contributed by atoms with Crippen molar-refractivity contribution in [2.45, 2.75) is 20.3 Å². The van der Waals surface area contributed by atoms with Crippen molar-refractivity contribution >= 4 is 11.0 Å². The molecule has 1 aromatic carbocycles. The largest absolute Gasteiger partial charge is 0.337 e. The first-order chi connectivity index (χ1) is 6.59. The molecule has 0 atom stereocenters. The molecule has 0 aliphatic carbocycles. The van der Waals surface area contributed by atoms with E-state index in [0.29, 0.717) is 11.0 Å². The summed E-state index contributed by atoms with van der Waals surface area (Å²) in [6.07, 6.45) is -2.54. The topological polar surface area (TPSA) is 28.7 Å². The predicted molar refractivity (Wildman–Crippen MR) is 50.5 cm³/mol. The van der Waals surface area contributed by atoms with Gasteiger partial charge in [-0.2, -0.15) is 0 Å². The number of nitrogens with one attached hydrogen (secondary N) is 1. The van der Waals surface area contributed by atoms with Crippen LogP contribution in [0.15, 0.2) is 12.1 Å². The zero-order valence-electron chi connectivity index (χ0n) is 7.94. The Morgan fingerprint density at radius 2 is 2.00 bits per heavy atom. The second-order valence-electron chi connectivity index (χ2n) is 3.33. The van der Waals surface area contributed by atoms with Crippen LogP contribution in [-0.4, -0.2) is 9.97 Å². The Morgan fingerprint density at radius 3 is 2.64 bits per heavy atom. The van der Waals surface area contributed by atoms with Gasteiger partial charge >= 0.3 is 0 Å². The third-order valence-corrected chi connectivity index (χ3v) is 2.40. The Balaban J connectivity index is 2.71. The maximum Gasteiger partial charge on any atom is 0.295 e. The molecule has 0 aliphatic rings. The minimum absolute atomic E-state index is 0.256. The van der Waals surface area contributed by atoms with Crippen LogP contribution in [0.25, 0.3) is 11.0 Å². The van der Waals surface area contributed by atoms with E-state index >= 15 is 0 Å². The lowest BCUT2D eigenvalue weighted by molar-refractivity contribution is 0.142. The maximum atomic E-state index is 12.3. The molecule has 0 bridgehead atoms. The number of H-pyrrole nitrogens is 1. The highest BCUT2D eigenvalue weighted by molar-refractivity contribution is 5.79. The lowest BCUT2D eigenvalue weighted by Gasteiger charge is -1.98. The number of aromatic nitrogens is 2. The average molecular weight is 196 g/mol. The van der Waals surface area contributed by atoms with Gasteiger partial charge in [-0.3, -0.25) is 0 Å². The molecule has 2 aromatic rings. The second-order valence-corrected chi connectivity index (χ2v) is 3.33. The molecular weight excluding hydrogens is 186 g/mol. The van der Waals surface area contributed by atoms with Gasteiger partial charge in [0.25, 0.3) is 6.43 Å². The zero-order valence-corrected chi connectivity index (χ0v) is 7.94. The molecule has 2 nitrogen and oxygen atoms in total. The monoisotopic (exact) mass is 196 g/mol. The van der Waals surface area contributed by atoms with Gasteiger partial charge in [-0.25, -0.2) is 13.8 Å². The summed E-state index contributed by atoms with van der Waals surface area (Å²) in [5.41, 5.74) is 3.32. The molecule has 14 heavy (non-hydrogen) atoms.